The summed E-state index contributed by atoms with van der Waals surface area (Å²) in [5.41, 5.74) is 8.66. The van der Waals surface area contributed by atoms with Gasteiger partial charge in [-0.25, -0.2) is 0 Å². The number of likely N-dealkylation sites (N-methyl/N-ethyl adjacent to an activating group) is 1. The van der Waals surface area contributed by atoms with Crippen molar-refractivity contribution in [2.45, 2.75) is 25.4 Å². The van der Waals surface area contributed by atoms with Crippen molar-refractivity contribution in [3.63, 3.8) is 0 Å². The molecular formula is C17H30N4. The molecule has 0 bridgehead atoms. The Bertz CT molecular complexity index is 429. The summed E-state index contributed by atoms with van der Waals surface area (Å²) in [4.78, 5) is 7.16. The smallest absolute Gasteiger partial charge is 0.0471 e. The highest BCUT2D eigenvalue weighted by Crippen LogP contribution is 2.25. The Hall–Kier alpha value is -1.10. The molecule has 1 fully saturated rings. The maximum atomic E-state index is 6.09. The van der Waals surface area contributed by atoms with Crippen molar-refractivity contribution >= 4 is 5.69 Å². The first-order valence-corrected chi connectivity index (χ1v) is 7.98. The van der Waals surface area contributed by atoms with Gasteiger partial charge in [-0.05, 0) is 31.2 Å². The molecule has 0 radical (unpaired) electrons. The second-order valence-corrected chi connectivity index (χ2v) is 6.28. The molecule has 1 aliphatic heterocycles. The molecule has 2 rings (SSSR count). The number of nitrogens with two attached hydrogens (primary N) is 1. The fourth-order valence-electron chi connectivity index (χ4n) is 3.18. The van der Waals surface area contributed by atoms with E-state index in [1.807, 2.05) is 0 Å². The first kappa shape index (κ1) is 16.3. The van der Waals surface area contributed by atoms with Crippen LogP contribution in [0, 0.1) is 0 Å². The summed E-state index contributed by atoms with van der Waals surface area (Å²) >= 11 is 0. The minimum absolute atomic E-state index is 0.337. The molecule has 2 N–H and O–H groups in total. The predicted octanol–water partition coefficient (Wildman–Crippen LogP) is 1.78. The van der Waals surface area contributed by atoms with Crippen LogP contribution in [0.2, 0.25) is 0 Å². The highest BCUT2D eigenvalue weighted by molar-refractivity contribution is 5.46. The number of benzene rings is 1. The highest BCUT2D eigenvalue weighted by Gasteiger charge is 2.28. The van der Waals surface area contributed by atoms with Gasteiger partial charge in [0.2, 0.25) is 0 Å². The van der Waals surface area contributed by atoms with E-state index in [0.29, 0.717) is 18.6 Å². The van der Waals surface area contributed by atoms with E-state index < -0.39 is 0 Å². The minimum Gasteiger partial charge on any atom is -0.378 e. The van der Waals surface area contributed by atoms with Crippen LogP contribution in [0.1, 0.15) is 24.9 Å². The summed E-state index contributed by atoms with van der Waals surface area (Å²) in [5.74, 6) is 0. The minimum atomic E-state index is 0.337. The lowest BCUT2D eigenvalue weighted by molar-refractivity contribution is 0.0644. The van der Waals surface area contributed by atoms with Crippen LogP contribution in [-0.4, -0.2) is 63.2 Å². The van der Waals surface area contributed by atoms with Crippen molar-refractivity contribution < 1.29 is 0 Å². The molecule has 0 spiro atoms. The van der Waals surface area contributed by atoms with Crippen molar-refractivity contribution in [1.82, 2.24) is 9.80 Å². The number of hydrogen-bond acceptors (Lipinski definition) is 4. The number of hydrogen-bond donors (Lipinski definition) is 1. The largest absolute Gasteiger partial charge is 0.378 e. The van der Waals surface area contributed by atoms with Crippen LogP contribution in [0.25, 0.3) is 0 Å². The fourth-order valence-corrected chi connectivity index (χ4v) is 3.18. The third-order valence-electron chi connectivity index (χ3n) is 4.74. The number of anilines is 1. The van der Waals surface area contributed by atoms with Crippen molar-refractivity contribution in [2.24, 2.45) is 5.73 Å². The van der Waals surface area contributed by atoms with E-state index in [0.717, 1.165) is 19.6 Å². The molecule has 1 aromatic rings. The van der Waals surface area contributed by atoms with Crippen LogP contribution >= 0.6 is 0 Å². The lowest BCUT2D eigenvalue weighted by Crippen LogP contribution is -2.53. The molecule has 1 saturated heterocycles. The maximum absolute atomic E-state index is 6.09. The van der Waals surface area contributed by atoms with Crippen molar-refractivity contribution in [3.05, 3.63) is 29.8 Å². The van der Waals surface area contributed by atoms with Gasteiger partial charge in [-0.15, -0.1) is 0 Å². The van der Waals surface area contributed by atoms with Crippen LogP contribution < -0.4 is 10.6 Å². The highest BCUT2D eigenvalue weighted by atomic mass is 15.3. The molecule has 2 atom stereocenters. The van der Waals surface area contributed by atoms with Crippen molar-refractivity contribution in [1.29, 1.82) is 0 Å². The van der Waals surface area contributed by atoms with E-state index in [1.54, 1.807) is 0 Å². The molecule has 4 heteroatoms. The topological polar surface area (TPSA) is 35.7 Å². The molecule has 4 nitrogen and oxygen atoms in total. The average molecular weight is 290 g/mol. The molecular weight excluding hydrogens is 260 g/mol. The van der Waals surface area contributed by atoms with Gasteiger partial charge in [-0.2, -0.15) is 0 Å². The van der Waals surface area contributed by atoms with Crippen molar-refractivity contribution in [3.8, 4) is 0 Å². The van der Waals surface area contributed by atoms with E-state index in [4.69, 9.17) is 5.73 Å². The van der Waals surface area contributed by atoms with Crippen LogP contribution in [0.5, 0.6) is 0 Å². The second kappa shape index (κ2) is 7.25. The molecule has 0 amide bonds. The number of piperazine rings is 1. The Balaban J connectivity index is 2.11. The van der Waals surface area contributed by atoms with Crippen LogP contribution in [0.4, 0.5) is 5.69 Å². The first-order chi connectivity index (χ1) is 10.1. The molecule has 2 unspecified atom stereocenters. The zero-order valence-corrected chi connectivity index (χ0v) is 13.9. The van der Waals surface area contributed by atoms with Gasteiger partial charge in [0.15, 0.2) is 0 Å². The standard InChI is InChI=1S/C17H30N4/c1-5-15-13-21(11-10-20(15)4)17(12-18)14-6-8-16(9-7-14)19(2)3/h6-9,15,17H,5,10-13,18H2,1-4H3. The Morgan fingerprint density at radius 1 is 1.24 bits per heavy atom. The van der Waals surface area contributed by atoms with E-state index in [-0.39, 0.29) is 0 Å². The van der Waals surface area contributed by atoms with Gasteiger partial charge in [0.05, 0.1) is 0 Å². The zero-order chi connectivity index (χ0) is 15.4. The molecule has 0 aliphatic carbocycles. The normalized spacial score (nSPS) is 22.2. The summed E-state index contributed by atoms with van der Waals surface area (Å²) in [7, 11) is 6.37. The average Bonchev–Trinajstić information content (AvgIpc) is 2.50. The third-order valence-corrected chi connectivity index (χ3v) is 4.74. The summed E-state index contributed by atoms with van der Waals surface area (Å²) in [6, 6.07) is 9.81. The summed E-state index contributed by atoms with van der Waals surface area (Å²) in [5, 5.41) is 0. The molecule has 0 saturated carbocycles. The van der Waals surface area contributed by atoms with E-state index >= 15 is 0 Å². The predicted molar refractivity (Wildman–Crippen MR) is 90.8 cm³/mol. The molecule has 118 valence electrons. The Morgan fingerprint density at radius 3 is 2.43 bits per heavy atom. The SMILES string of the molecule is CCC1CN(C(CN)c2ccc(N(C)C)cc2)CCN1C. The van der Waals surface area contributed by atoms with Gasteiger partial charge in [-0.3, -0.25) is 4.90 Å². The third kappa shape index (κ3) is 3.76. The van der Waals surface area contributed by atoms with Crippen LogP contribution in [0.3, 0.4) is 0 Å². The fraction of sp³-hybridized carbons (Fsp3) is 0.647. The van der Waals surface area contributed by atoms with Gasteiger partial charge < -0.3 is 15.5 Å². The number of rotatable bonds is 5. The maximum Gasteiger partial charge on any atom is 0.0471 e. The van der Waals surface area contributed by atoms with Gasteiger partial charge >= 0.3 is 0 Å². The lowest BCUT2D eigenvalue weighted by Gasteiger charge is -2.42. The van der Waals surface area contributed by atoms with Crippen LogP contribution in [-0.2, 0) is 0 Å². The molecule has 21 heavy (non-hydrogen) atoms. The summed E-state index contributed by atoms with van der Waals surface area (Å²) in [6.45, 7) is 6.30. The second-order valence-electron chi connectivity index (χ2n) is 6.28. The van der Waals surface area contributed by atoms with Gasteiger partial charge in [-0.1, -0.05) is 19.1 Å². The lowest BCUT2D eigenvalue weighted by atomic mass is 10.0. The van der Waals surface area contributed by atoms with E-state index in [1.165, 1.54) is 17.7 Å². The van der Waals surface area contributed by atoms with E-state index in [2.05, 4.69) is 67.0 Å². The van der Waals surface area contributed by atoms with Crippen molar-refractivity contribution in [2.75, 3.05) is 52.2 Å². The molecule has 1 aromatic carbocycles. The monoisotopic (exact) mass is 290 g/mol. The molecule has 1 aliphatic rings. The summed E-state index contributed by atoms with van der Waals surface area (Å²) < 4.78 is 0. The summed E-state index contributed by atoms with van der Waals surface area (Å²) in [6.07, 6.45) is 1.20. The molecule has 1 heterocycles. The van der Waals surface area contributed by atoms with Crippen LogP contribution in [0.15, 0.2) is 24.3 Å². The quantitative estimate of drug-likeness (QED) is 0.897. The van der Waals surface area contributed by atoms with Gasteiger partial charge in [0.25, 0.3) is 0 Å². The number of nitrogens with zero attached hydrogens (tertiary/aromatic N) is 3. The molecule has 0 aromatic heterocycles. The zero-order valence-electron chi connectivity index (χ0n) is 13.9. The first-order valence-electron chi connectivity index (χ1n) is 7.98. The van der Waals surface area contributed by atoms with Gasteiger partial charge in [0, 0.05) is 58.0 Å². The van der Waals surface area contributed by atoms with E-state index in [9.17, 15) is 0 Å². The van der Waals surface area contributed by atoms with Gasteiger partial charge in [0.1, 0.15) is 0 Å². The Morgan fingerprint density at radius 2 is 1.90 bits per heavy atom. The Kier molecular flexibility index (Phi) is 5.62. The Labute approximate surface area is 129 Å².